The van der Waals surface area contributed by atoms with Gasteiger partial charge in [0.2, 0.25) is 0 Å². The van der Waals surface area contributed by atoms with E-state index in [0.29, 0.717) is 0 Å². The van der Waals surface area contributed by atoms with Gasteiger partial charge in [0.1, 0.15) is 18.8 Å². The lowest BCUT2D eigenvalue weighted by atomic mass is 10.3. The second-order valence-corrected chi connectivity index (χ2v) is 1.26. The van der Waals surface area contributed by atoms with Crippen LogP contribution in [0.15, 0.2) is 11.3 Å². The van der Waals surface area contributed by atoms with E-state index in [4.69, 9.17) is 16.3 Å². The van der Waals surface area contributed by atoms with E-state index in [-0.39, 0.29) is 11.3 Å². The van der Waals surface area contributed by atoms with Gasteiger partial charge in [0.15, 0.2) is 5.57 Å². The highest BCUT2D eigenvalue weighted by Gasteiger charge is 1.98. The molecule has 9 heavy (non-hydrogen) atoms. The third-order valence-corrected chi connectivity index (χ3v) is 0.689. The minimum atomic E-state index is -0.948. The Morgan fingerprint density at radius 2 is 1.89 bits per heavy atom. The van der Waals surface area contributed by atoms with Crippen molar-refractivity contribution in [3.05, 3.63) is 11.3 Å². The van der Waals surface area contributed by atoms with Crippen molar-refractivity contribution >= 4 is 0 Å². The fraction of sp³-hybridized carbons (Fsp3) is 0.200. The summed E-state index contributed by atoms with van der Waals surface area (Å²) in [6.07, 6.45) is 0. The minimum Gasteiger partial charge on any atom is -0.398 e. The third-order valence-electron chi connectivity index (χ3n) is 0.689. The Bertz CT molecular complexity index is 189. The summed E-state index contributed by atoms with van der Waals surface area (Å²) in [7, 11) is 0. The lowest BCUT2D eigenvalue weighted by molar-refractivity contribution is 0.539. The largest absolute Gasteiger partial charge is 0.398 e. The van der Waals surface area contributed by atoms with Gasteiger partial charge in [-0.3, -0.25) is 0 Å². The number of halogens is 1. The Kier molecular flexibility index (Phi) is 2.86. The second kappa shape index (κ2) is 3.45. The van der Waals surface area contributed by atoms with Crippen molar-refractivity contribution in [2.24, 2.45) is 5.73 Å². The molecular formula is C5H4FN3. The predicted octanol–water partition coefficient (Wildman–Crippen LogP) is 0.216. The molecule has 0 amide bonds. The zero-order valence-electron chi connectivity index (χ0n) is 4.56. The van der Waals surface area contributed by atoms with Gasteiger partial charge in [-0.1, -0.05) is 0 Å². The first-order chi connectivity index (χ1) is 4.26. The summed E-state index contributed by atoms with van der Waals surface area (Å²) < 4.78 is 11.5. The van der Waals surface area contributed by atoms with Crippen molar-refractivity contribution in [3.63, 3.8) is 0 Å². The fourth-order valence-corrected chi connectivity index (χ4v) is 0.235. The first-order valence-electron chi connectivity index (χ1n) is 2.11. The first-order valence-corrected chi connectivity index (χ1v) is 2.11. The van der Waals surface area contributed by atoms with E-state index in [9.17, 15) is 4.39 Å². The van der Waals surface area contributed by atoms with E-state index in [1.165, 1.54) is 12.1 Å². The number of nitriles is 2. The standard InChI is InChI=1S/C5H4FN3/c6-1-5(9)4(2-7)3-8/h1,9H2. The van der Waals surface area contributed by atoms with Crippen LogP contribution in [0.1, 0.15) is 0 Å². The van der Waals surface area contributed by atoms with E-state index < -0.39 is 6.67 Å². The molecule has 0 aromatic carbocycles. The molecule has 0 atom stereocenters. The second-order valence-electron chi connectivity index (χ2n) is 1.26. The SMILES string of the molecule is N#CC(C#N)=C(N)CF. The molecule has 0 aliphatic carbocycles. The van der Waals surface area contributed by atoms with Crippen LogP contribution in [0.25, 0.3) is 0 Å². The Balaban J connectivity index is 4.49. The zero-order valence-corrected chi connectivity index (χ0v) is 4.56. The zero-order chi connectivity index (χ0) is 7.28. The van der Waals surface area contributed by atoms with Gasteiger partial charge in [-0.2, -0.15) is 10.5 Å². The van der Waals surface area contributed by atoms with Gasteiger partial charge >= 0.3 is 0 Å². The number of alkyl halides is 1. The normalized spacial score (nSPS) is 7.00. The summed E-state index contributed by atoms with van der Waals surface area (Å²) in [5.41, 5.74) is 4.24. The quantitative estimate of drug-likeness (QED) is 0.509. The number of rotatable bonds is 1. The van der Waals surface area contributed by atoms with Crippen molar-refractivity contribution in [2.45, 2.75) is 0 Å². The van der Waals surface area contributed by atoms with Gasteiger partial charge in [-0.05, 0) is 0 Å². The maximum atomic E-state index is 11.5. The first kappa shape index (κ1) is 7.45. The van der Waals surface area contributed by atoms with Crippen LogP contribution in [0.5, 0.6) is 0 Å². The number of hydrogen-bond acceptors (Lipinski definition) is 3. The lowest BCUT2D eigenvalue weighted by Gasteiger charge is -1.87. The van der Waals surface area contributed by atoms with Crippen LogP contribution >= 0.6 is 0 Å². The van der Waals surface area contributed by atoms with E-state index in [2.05, 4.69) is 0 Å². The molecule has 3 nitrogen and oxygen atoms in total. The number of hydrogen-bond donors (Lipinski definition) is 1. The summed E-state index contributed by atoms with van der Waals surface area (Å²) in [5.74, 6) is 0. The van der Waals surface area contributed by atoms with E-state index >= 15 is 0 Å². The average Bonchev–Trinajstić information content (AvgIpc) is 1.90. The van der Waals surface area contributed by atoms with Crippen LogP contribution in [-0.2, 0) is 0 Å². The molecule has 0 spiro atoms. The Morgan fingerprint density at radius 1 is 1.44 bits per heavy atom. The van der Waals surface area contributed by atoms with Gasteiger partial charge < -0.3 is 5.73 Å². The van der Waals surface area contributed by atoms with Gasteiger partial charge in [0.25, 0.3) is 0 Å². The summed E-state index contributed by atoms with van der Waals surface area (Å²) in [5, 5.41) is 16.1. The molecule has 0 radical (unpaired) electrons. The Hall–Kier alpha value is -1.55. The minimum absolute atomic E-state index is 0.306. The summed E-state index contributed by atoms with van der Waals surface area (Å²) in [6.45, 7) is -0.948. The maximum Gasteiger partial charge on any atom is 0.151 e. The molecule has 0 aromatic heterocycles. The Labute approximate surface area is 51.8 Å². The highest BCUT2D eigenvalue weighted by Crippen LogP contribution is 1.94. The van der Waals surface area contributed by atoms with Crippen molar-refractivity contribution in [1.82, 2.24) is 0 Å². The summed E-state index contributed by atoms with van der Waals surface area (Å²) in [6, 6.07) is 2.91. The van der Waals surface area contributed by atoms with Crippen LogP contribution in [0.2, 0.25) is 0 Å². The smallest absolute Gasteiger partial charge is 0.151 e. The molecule has 0 unspecified atom stereocenters. The summed E-state index contributed by atoms with van der Waals surface area (Å²) >= 11 is 0. The molecule has 0 aromatic rings. The molecule has 4 heteroatoms. The van der Waals surface area contributed by atoms with Crippen molar-refractivity contribution in [1.29, 1.82) is 10.5 Å². The van der Waals surface area contributed by atoms with E-state index in [0.717, 1.165) is 0 Å². The lowest BCUT2D eigenvalue weighted by Crippen LogP contribution is -2.02. The molecule has 0 rings (SSSR count). The molecule has 0 heterocycles. The average molecular weight is 125 g/mol. The molecule has 0 saturated heterocycles. The van der Waals surface area contributed by atoms with E-state index in [1.54, 1.807) is 0 Å². The van der Waals surface area contributed by atoms with Crippen molar-refractivity contribution in [2.75, 3.05) is 6.67 Å². The van der Waals surface area contributed by atoms with Gasteiger partial charge in [-0.25, -0.2) is 4.39 Å². The van der Waals surface area contributed by atoms with Crippen LogP contribution in [0, 0.1) is 22.7 Å². The molecule has 0 aliphatic rings. The third kappa shape index (κ3) is 1.79. The molecular weight excluding hydrogens is 121 g/mol. The van der Waals surface area contributed by atoms with Gasteiger partial charge in [-0.15, -0.1) is 0 Å². The van der Waals surface area contributed by atoms with Crippen LogP contribution in [0.4, 0.5) is 4.39 Å². The van der Waals surface area contributed by atoms with Gasteiger partial charge in [0.05, 0.1) is 5.70 Å². The van der Waals surface area contributed by atoms with Crippen LogP contribution in [-0.4, -0.2) is 6.67 Å². The monoisotopic (exact) mass is 125 g/mol. The fourth-order valence-electron chi connectivity index (χ4n) is 0.235. The predicted molar refractivity (Wildman–Crippen MR) is 28.4 cm³/mol. The molecule has 0 fully saturated rings. The molecule has 0 bridgehead atoms. The van der Waals surface area contributed by atoms with E-state index in [1.807, 2.05) is 0 Å². The van der Waals surface area contributed by atoms with Gasteiger partial charge in [0, 0.05) is 0 Å². The summed E-state index contributed by atoms with van der Waals surface area (Å²) in [4.78, 5) is 0. The van der Waals surface area contributed by atoms with Crippen molar-refractivity contribution < 1.29 is 4.39 Å². The molecule has 0 saturated carbocycles. The number of nitrogens with zero attached hydrogens (tertiary/aromatic N) is 2. The maximum absolute atomic E-state index is 11.5. The number of allylic oxidation sites excluding steroid dienone is 2. The van der Waals surface area contributed by atoms with Crippen LogP contribution < -0.4 is 5.73 Å². The highest BCUT2D eigenvalue weighted by atomic mass is 19.1. The number of nitrogens with two attached hydrogens (primary N) is 1. The van der Waals surface area contributed by atoms with Crippen molar-refractivity contribution in [3.8, 4) is 12.1 Å². The molecule has 0 aliphatic heterocycles. The molecule has 2 N–H and O–H groups in total. The topological polar surface area (TPSA) is 73.6 Å². The highest BCUT2D eigenvalue weighted by molar-refractivity contribution is 5.38. The van der Waals surface area contributed by atoms with Crippen LogP contribution in [0.3, 0.4) is 0 Å². The Morgan fingerprint density at radius 3 is 2.00 bits per heavy atom. The molecule has 46 valence electrons.